The molecule has 270 valence electrons. The first-order valence-electron chi connectivity index (χ1n) is 17.2. The molecule has 0 unspecified atom stereocenters. The van der Waals surface area contributed by atoms with Crippen LogP contribution in [0.3, 0.4) is 0 Å². The third kappa shape index (κ3) is 7.80. The van der Waals surface area contributed by atoms with Gasteiger partial charge in [0.05, 0.1) is 45.4 Å². The number of nitrogens with zero attached hydrogens (tertiary/aromatic N) is 5. The van der Waals surface area contributed by atoms with Gasteiger partial charge in [-0.1, -0.05) is 54.6 Å². The summed E-state index contributed by atoms with van der Waals surface area (Å²) in [6, 6.07) is 25.8. The molecule has 1 saturated heterocycles. The average Bonchev–Trinajstić information content (AvgIpc) is 3.73. The first-order chi connectivity index (χ1) is 24.5. The Hall–Kier alpha value is -4.32. The number of methoxy groups -OCH3 is 2. The highest BCUT2D eigenvalue weighted by atomic mass is 31.2. The maximum atomic E-state index is 14.4. The minimum absolute atomic E-state index is 0.0844. The van der Waals surface area contributed by atoms with Crippen LogP contribution in [0.2, 0.25) is 0 Å². The van der Waals surface area contributed by atoms with E-state index < -0.39 is 13.2 Å². The summed E-state index contributed by atoms with van der Waals surface area (Å²) in [5.74, 6) is 1.80. The van der Waals surface area contributed by atoms with E-state index in [1.807, 2.05) is 99.0 Å². The van der Waals surface area contributed by atoms with E-state index in [2.05, 4.69) is 32.0 Å². The number of aromatic nitrogens is 4. The van der Waals surface area contributed by atoms with Gasteiger partial charge in [-0.3, -0.25) is 9.46 Å². The molecule has 3 heterocycles. The lowest BCUT2D eigenvalue weighted by atomic mass is 9.80. The van der Waals surface area contributed by atoms with Crippen molar-refractivity contribution in [3.8, 4) is 11.5 Å². The summed E-state index contributed by atoms with van der Waals surface area (Å²) in [5.41, 5.74) is 9.11. The largest absolute Gasteiger partial charge is 0.497 e. The molecule has 2 N–H and O–H groups in total. The first kappa shape index (κ1) is 36.5. The predicted octanol–water partition coefficient (Wildman–Crippen LogP) is 7.05. The summed E-state index contributed by atoms with van der Waals surface area (Å²) in [6.07, 6.45) is 3.34. The van der Waals surface area contributed by atoms with Gasteiger partial charge in [-0.05, 0) is 75.1 Å². The van der Waals surface area contributed by atoms with Crippen LogP contribution in [0, 0.1) is 0 Å². The van der Waals surface area contributed by atoms with E-state index in [0.717, 1.165) is 28.2 Å². The number of imidazole rings is 1. The second kappa shape index (κ2) is 15.5. The molecule has 0 amide bonds. The fraction of sp³-hybridized carbons (Fsp3) is 0.395. The molecule has 0 aliphatic carbocycles. The number of nitrogen functional groups attached to an aromatic ring is 1. The molecule has 13 heteroatoms. The molecule has 51 heavy (non-hydrogen) atoms. The Morgan fingerprint density at radius 1 is 0.824 bits per heavy atom. The summed E-state index contributed by atoms with van der Waals surface area (Å²) < 4.78 is 46.9. The normalized spacial score (nSPS) is 17.1. The van der Waals surface area contributed by atoms with Crippen LogP contribution in [0.15, 0.2) is 91.5 Å². The first-order valence-corrected chi connectivity index (χ1v) is 18.9. The number of likely N-dealkylation sites (tertiary alicyclic amines) is 1. The smallest absolute Gasteiger partial charge is 0.345 e. The summed E-state index contributed by atoms with van der Waals surface area (Å²) in [6.45, 7) is 8.26. The molecule has 6 rings (SSSR count). The molecule has 3 aromatic carbocycles. The number of hydrogen-bond acceptors (Lipinski definition) is 11. The highest BCUT2D eigenvalue weighted by Gasteiger charge is 2.44. The minimum Gasteiger partial charge on any atom is -0.497 e. The molecule has 1 fully saturated rings. The number of benzene rings is 3. The molecule has 0 spiro atoms. The van der Waals surface area contributed by atoms with Crippen molar-refractivity contribution in [1.82, 2.24) is 24.4 Å². The monoisotopic (exact) mass is 714 g/mol. The van der Waals surface area contributed by atoms with Gasteiger partial charge in [0.15, 0.2) is 11.5 Å². The topological polar surface area (TPSA) is 136 Å². The van der Waals surface area contributed by atoms with Crippen LogP contribution in [0.25, 0.3) is 11.2 Å². The molecule has 12 nitrogen and oxygen atoms in total. The van der Waals surface area contributed by atoms with Gasteiger partial charge in [-0.25, -0.2) is 15.0 Å². The highest BCUT2D eigenvalue weighted by molar-refractivity contribution is 7.53. The van der Waals surface area contributed by atoms with Crippen molar-refractivity contribution >= 4 is 24.6 Å². The second-order valence-electron chi connectivity index (χ2n) is 13.3. The van der Waals surface area contributed by atoms with Crippen molar-refractivity contribution in [2.75, 3.05) is 39.4 Å². The van der Waals surface area contributed by atoms with Crippen molar-refractivity contribution in [2.45, 2.75) is 64.0 Å². The molecule has 5 aromatic rings. The van der Waals surface area contributed by atoms with E-state index in [4.69, 9.17) is 29.0 Å². The lowest BCUT2D eigenvalue weighted by molar-refractivity contribution is -0.0144. The van der Waals surface area contributed by atoms with E-state index >= 15 is 0 Å². The Morgan fingerprint density at radius 3 is 1.94 bits per heavy atom. The quantitative estimate of drug-likeness (QED) is 0.0883. The molecule has 2 atom stereocenters. The number of ether oxygens (including phenoxy) is 3. The average molecular weight is 715 g/mol. The van der Waals surface area contributed by atoms with Gasteiger partial charge in [0.2, 0.25) is 0 Å². The number of hydrogen-bond donors (Lipinski definition) is 1. The Bertz CT molecular complexity index is 1880. The van der Waals surface area contributed by atoms with Crippen molar-refractivity contribution in [1.29, 1.82) is 0 Å². The third-order valence-corrected chi connectivity index (χ3v) is 11.2. The van der Waals surface area contributed by atoms with Crippen LogP contribution in [0.1, 0.15) is 56.8 Å². The Balaban J connectivity index is 1.43. The third-order valence-electron chi connectivity index (χ3n) is 9.05. The Kier molecular flexibility index (Phi) is 11.1. The van der Waals surface area contributed by atoms with Crippen LogP contribution < -0.4 is 15.2 Å². The van der Waals surface area contributed by atoms with Crippen LogP contribution in [0.5, 0.6) is 11.5 Å². The molecule has 2 aromatic heterocycles. The number of rotatable bonds is 15. The van der Waals surface area contributed by atoms with Crippen molar-refractivity contribution in [2.24, 2.45) is 0 Å². The predicted molar refractivity (Wildman–Crippen MR) is 197 cm³/mol. The summed E-state index contributed by atoms with van der Waals surface area (Å²) >= 11 is 0. The summed E-state index contributed by atoms with van der Waals surface area (Å²) in [4.78, 5) is 15.3. The van der Waals surface area contributed by atoms with E-state index in [9.17, 15) is 4.57 Å². The summed E-state index contributed by atoms with van der Waals surface area (Å²) in [7, 11) is -0.258. The number of fused-ring (bicyclic) bond motifs is 1. The molecular weight excluding hydrogens is 667 g/mol. The van der Waals surface area contributed by atoms with E-state index in [1.54, 1.807) is 20.5 Å². The van der Waals surface area contributed by atoms with Gasteiger partial charge < -0.3 is 33.6 Å². The van der Waals surface area contributed by atoms with Gasteiger partial charge in [-0.15, -0.1) is 0 Å². The van der Waals surface area contributed by atoms with Crippen LogP contribution >= 0.6 is 7.60 Å². The van der Waals surface area contributed by atoms with Crippen molar-refractivity contribution < 1.29 is 27.8 Å². The van der Waals surface area contributed by atoms with E-state index in [1.165, 1.54) is 6.33 Å². The highest BCUT2D eigenvalue weighted by Crippen LogP contribution is 2.53. The number of anilines is 1. The van der Waals surface area contributed by atoms with Gasteiger partial charge in [0, 0.05) is 12.6 Å². The zero-order chi connectivity index (χ0) is 36.2. The van der Waals surface area contributed by atoms with Gasteiger partial charge >= 0.3 is 7.60 Å². The van der Waals surface area contributed by atoms with E-state index in [0.29, 0.717) is 29.9 Å². The zero-order valence-electron chi connectivity index (χ0n) is 30.0. The maximum Gasteiger partial charge on any atom is 0.345 e. The second-order valence-corrected chi connectivity index (χ2v) is 15.2. The molecular formula is C38H47N6O6P. The summed E-state index contributed by atoms with van der Waals surface area (Å²) in [5, 5.41) is 0. The van der Waals surface area contributed by atoms with Crippen LogP contribution in [-0.2, 0) is 24.0 Å². The molecule has 0 radical (unpaired) electrons. The van der Waals surface area contributed by atoms with Crippen LogP contribution in [-0.4, -0.2) is 76.3 Å². The molecule has 1 aliphatic heterocycles. The SMILES string of the molecule is COc1ccc(C(OC[C@@H]2C[C@H](n3cnc4c(N)ncnc43)CN2CP(=O)(OC(C)C)OC(C)C)(c2ccccc2)c2ccc(OC)cc2)cc1. The van der Waals surface area contributed by atoms with Gasteiger partial charge in [-0.2, -0.15) is 0 Å². The fourth-order valence-electron chi connectivity index (χ4n) is 6.89. The Morgan fingerprint density at radius 2 is 1.39 bits per heavy atom. The van der Waals surface area contributed by atoms with Crippen LogP contribution in [0.4, 0.5) is 5.82 Å². The Labute approximate surface area is 299 Å². The molecule has 0 saturated carbocycles. The fourth-order valence-corrected chi connectivity index (χ4v) is 9.15. The van der Waals surface area contributed by atoms with Gasteiger partial charge in [0.1, 0.15) is 35.2 Å². The lowest BCUT2D eigenvalue weighted by Crippen LogP contribution is -2.40. The maximum absolute atomic E-state index is 14.4. The van der Waals surface area contributed by atoms with Crippen molar-refractivity contribution in [3.63, 3.8) is 0 Å². The molecule has 1 aliphatic rings. The number of nitrogens with two attached hydrogens (primary N) is 1. The minimum atomic E-state index is -3.56. The van der Waals surface area contributed by atoms with E-state index in [-0.39, 0.29) is 37.2 Å². The lowest BCUT2D eigenvalue weighted by Gasteiger charge is -2.38. The van der Waals surface area contributed by atoms with Crippen molar-refractivity contribution in [3.05, 3.63) is 108 Å². The zero-order valence-corrected chi connectivity index (χ0v) is 30.9. The van der Waals surface area contributed by atoms with Gasteiger partial charge in [0.25, 0.3) is 0 Å². The molecule has 0 bridgehead atoms. The standard InChI is InChI=1S/C38H47N6O6P/c1-26(2)49-51(45,50-27(3)4)25-43-21-31(44-24-42-35-36(39)40-23-41-37(35)44)20-32(43)22-48-38(28-10-8-7-9-11-28,29-12-16-33(46-5)17-13-29)30-14-18-34(47-6)19-15-30/h7-19,23-24,26-27,31-32H,20-22,25H2,1-6H3,(H2,39,40,41)/t31-,32-/m0/s1.